The smallest absolute Gasteiger partial charge is 0.350 e. The largest absolute Gasteiger partial charge is 0.507 e. The number of amides is 1. The maximum atomic E-state index is 15.0. The van der Waals surface area contributed by atoms with Crippen molar-refractivity contribution in [3.05, 3.63) is 81.1 Å². The first-order chi connectivity index (χ1) is 17.2. The van der Waals surface area contributed by atoms with Crippen molar-refractivity contribution in [2.75, 3.05) is 18.6 Å². The van der Waals surface area contributed by atoms with E-state index in [1.54, 1.807) is 38.1 Å². The van der Waals surface area contributed by atoms with Crippen molar-refractivity contribution in [3.8, 4) is 5.75 Å². The van der Waals surface area contributed by atoms with Crippen molar-refractivity contribution in [2.45, 2.75) is 26.8 Å². The molecule has 0 bridgehead atoms. The van der Waals surface area contributed by atoms with Crippen LogP contribution < -0.4 is 9.64 Å². The van der Waals surface area contributed by atoms with Gasteiger partial charge in [0, 0.05) is 11.1 Å². The molecule has 8 nitrogen and oxygen atoms in total. The molecule has 0 aliphatic carbocycles. The second-order valence-electron chi connectivity index (χ2n) is 8.01. The van der Waals surface area contributed by atoms with Crippen LogP contribution in [0.4, 0.5) is 9.52 Å². The summed E-state index contributed by atoms with van der Waals surface area (Å²) in [6, 6.07) is 9.18. The monoisotopic (exact) mass is 510 g/mol. The molecule has 1 amide bonds. The van der Waals surface area contributed by atoms with Crippen molar-refractivity contribution in [2.24, 2.45) is 0 Å². The van der Waals surface area contributed by atoms with Crippen LogP contribution in [0.15, 0.2) is 48.0 Å². The quantitative estimate of drug-likeness (QED) is 0.222. The molecule has 0 saturated carbocycles. The summed E-state index contributed by atoms with van der Waals surface area (Å²) < 4.78 is 25.3. The van der Waals surface area contributed by atoms with E-state index in [9.17, 15) is 19.5 Å². The number of ketones is 1. The van der Waals surface area contributed by atoms with Crippen molar-refractivity contribution >= 4 is 39.9 Å². The number of anilines is 1. The van der Waals surface area contributed by atoms with E-state index in [1.165, 1.54) is 25.3 Å². The summed E-state index contributed by atoms with van der Waals surface area (Å²) in [6.07, 6.45) is 0. The molecule has 1 aromatic heterocycles. The first-order valence-electron chi connectivity index (χ1n) is 11.0. The molecule has 1 atom stereocenters. The number of aliphatic hydroxyl groups excluding tert-OH is 1. The number of aliphatic hydroxyl groups is 1. The third-order valence-electron chi connectivity index (χ3n) is 5.75. The highest BCUT2D eigenvalue weighted by Gasteiger charge is 2.49. The summed E-state index contributed by atoms with van der Waals surface area (Å²) in [6.45, 7) is 5.63. The van der Waals surface area contributed by atoms with Gasteiger partial charge in [-0.15, -0.1) is 0 Å². The van der Waals surface area contributed by atoms with Crippen LogP contribution in [0.3, 0.4) is 0 Å². The molecule has 10 heteroatoms. The standard InChI is InChI=1S/C26H23FN2O6S/c1-5-35-18-11-10-15(12-13(18)2)21(30)19-20(16-8-6-7-9-17(16)27)29(24(32)22(19)31)26-28-14(3)23(36-26)25(33)34-4/h6-12,20,30H,5H2,1-4H3. The van der Waals surface area contributed by atoms with E-state index in [0.717, 1.165) is 16.2 Å². The summed E-state index contributed by atoms with van der Waals surface area (Å²) in [7, 11) is 1.21. The first-order valence-corrected chi connectivity index (χ1v) is 11.9. The Hall–Kier alpha value is -4.05. The fraction of sp³-hybridized carbons (Fsp3) is 0.231. The molecule has 1 unspecified atom stereocenters. The molecule has 1 fully saturated rings. The molecule has 186 valence electrons. The summed E-state index contributed by atoms with van der Waals surface area (Å²) >= 11 is 0.843. The lowest BCUT2D eigenvalue weighted by atomic mass is 9.94. The number of methoxy groups -OCH3 is 1. The summed E-state index contributed by atoms with van der Waals surface area (Å²) in [4.78, 5) is 44.1. The number of hydrogen-bond acceptors (Lipinski definition) is 8. The van der Waals surface area contributed by atoms with Gasteiger partial charge in [-0.25, -0.2) is 14.2 Å². The minimum absolute atomic E-state index is 0.00479. The number of benzene rings is 2. The van der Waals surface area contributed by atoms with E-state index in [4.69, 9.17) is 9.47 Å². The van der Waals surface area contributed by atoms with E-state index in [1.807, 2.05) is 6.92 Å². The third-order valence-corrected chi connectivity index (χ3v) is 6.89. The van der Waals surface area contributed by atoms with Crippen LogP contribution in [0.2, 0.25) is 0 Å². The maximum absolute atomic E-state index is 15.0. The predicted molar refractivity (Wildman–Crippen MR) is 132 cm³/mol. The predicted octanol–water partition coefficient (Wildman–Crippen LogP) is 4.71. The summed E-state index contributed by atoms with van der Waals surface area (Å²) in [5.74, 6) is -3.19. The average molecular weight is 511 g/mol. The zero-order valence-corrected chi connectivity index (χ0v) is 20.8. The lowest BCUT2D eigenvalue weighted by molar-refractivity contribution is -0.132. The van der Waals surface area contributed by atoms with Gasteiger partial charge in [-0.2, -0.15) is 0 Å². The van der Waals surface area contributed by atoms with E-state index < -0.39 is 35.3 Å². The van der Waals surface area contributed by atoms with Crippen LogP contribution in [-0.2, 0) is 14.3 Å². The molecule has 1 aliphatic rings. The van der Waals surface area contributed by atoms with Gasteiger partial charge < -0.3 is 14.6 Å². The van der Waals surface area contributed by atoms with Gasteiger partial charge in [0.2, 0.25) is 0 Å². The number of carbonyl (C=O) groups excluding carboxylic acids is 3. The zero-order chi connectivity index (χ0) is 26.1. The Bertz CT molecular complexity index is 1410. The molecule has 4 rings (SSSR count). The molecule has 36 heavy (non-hydrogen) atoms. The highest BCUT2D eigenvalue weighted by Crippen LogP contribution is 2.44. The minimum atomic E-state index is -1.31. The molecule has 1 N–H and O–H groups in total. The maximum Gasteiger partial charge on any atom is 0.350 e. The number of rotatable bonds is 6. The Morgan fingerprint density at radius 1 is 1.19 bits per heavy atom. The Morgan fingerprint density at radius 3 is 2.56 bits per heavy atom. The van der Waals surface area contributed by atoms with Gasteiger partial charge in [0.05, 0.1) is 25.0 Å². The van der Waals surface area contributed by atoms with Crippen molar-refractivity contribution in [1.29, 1.82) is 0 Å². The van der Waals surface area contributed by atoms with Gasteiger partial charge in [0.1, 0.15) is 28.2 Å². The molecule has 0 spiro atoms. The topological polar surface area (TPSA) is 106 Å². The van der Waals surface area contributed by atoms with Crippen molar-refractivity contribution < 1.29 is 33.4 Å². The third kappa shape index (κ3) is 4.24. The first kappa shape index (κ1) is 25.1. The lowest BCUT2D eigenvalue weighted by Crippen LogP contribution is -2.29. The van der Waals surface area contributed by atoms with Crippen LogP contribution in [-0.4, -0.2) is 41.5 Å². The van der Waals surface area contributed by atoms with E-state index in [2.05, 4.69) is 4.98 Å². The number of ether oxygens (including phenoxy) is 2. The van der Waals surface area contributed by atoms with Gasteiger partial charge in [-0.05, 0) is 50.6 Å². The molecule has 1 aliphatic heterocycles. The highest BCUT2D eigenvalue weighted by atomic mass is 32.1. The van der Waals surface area contributed by atoms with Crippen LogP contribution >= 0.6 is 11.3 Å². The lowest BCUT2D eigenvalue weighted by Gasteiger charge is -2.23. The molecule has 1 saturated heterocycles. The van der Waals surface area contributed by atoms with Gasteiger partial charge >= 0.3 is 11.9 Å². The number of aryl methyl sites for hydroxylation is 2. The number of carbonyl (C=O) groups is 3. The Morgan fingerprint density at radius 2 is 1.92 bits per heavy atom. The number of aromatic nitrogens is 1. The fourth-order valence-corrected chi connectivity index (χ4v) is 5.07. The van der Waals surface area contributed by atoms with Crippen LogP contribution in [0.25, 0.3) is 5.76 Å². The summed E-state index contributed by atoms with van der Waals surface area (Å²) in [5, 5.41) is 11.3. The van der Waals surface area contributed by atoms with E-state index >= 15 is 4.39 Å². The van der Waals surface area contributed by atoms with Crippen LogP contribution in [0.5, 0.6) is 5.75 Å². The molecule has 0 radical (unpaired) electrons. The number of esters is 1. The highest BCUT2D eigenvalue weighted by molar-refractivity contribution is 7.17. The molecular weight excluding hydrogens is 487 g/mol. The van der Waals surface area contributed by atoms with Crippen molar-refractivity contribution in [3.63, 3.8) is 0 Å². The second-order valence-corrected chi connectivity index (χ2v) is 8.98. The van der Waals surface area contributed by atoms with Crippen LogP contribution in [0, 0.1) is 19.7 Å². The second kappa shape index (κ2) is 9.90. The van der Waals surface area contributed by atoms with Crippen molar-refractivity contribution in [1.82, 2.24) is 4.98 Å². The normalized spacial score (nSPS) is 16.9. The fourth-order valence-electron chi connectivity index (χ4n) is 4.06. The van der Waals surface area contributed by atoms with Gasteiger partial charge in [0.15, 0.2) is 5.13 Å². The minimum Gasteiger partial charge on any atom is -0.507 e. The zero-order valence-electron chi connectivity index (χ0n) is 20.0. The van der Waals surface area contributed by atoms with Crippen LogP contribution in [0.1, 0.15) is 45.0 Å². The Labute approximate surface area is 210 Å². The SMILES string of the molecule is CCOc1ccc(C(O)=C2C(=O)C(=O)N(c3nc(C)c(C(=O)OC)s3)C2c2ccccc2F)cc1C. The van der Waals surface area contributed by atoms with E-state index in [-0.39, 0.29) is 32.4 Å². The molecule has 2 aromatic carbocycles. The average Bonchev–Trinajstić information content (AvgIpc) is 3.36. The number of hydrogen-bond donors (Lipinski definition) is 1. The van der Waals surface area contributed by atoms with E-state index in [0.29, 0.717) is 17.9 Å². The van der Waals surface area contributed by atoms with Gasteiger partial charge in [0.25, 0.3) is 5.78 Å². The molecule has 2 heterocycles. The molecular formula is C26H23FN2O6S. The van der Waals surface area contributed by atoms with Gasteiger partial charge in [-0.1, -0.05) is 29.5 Å². The molecule has 3 aromatic rings. The summed E-state index contributed by atoms with van der Waals surface area (Å²) in [5.41, 5.74) is 0.962. The number of nitrogens with zero attached hydrogens (tertiary/aromatic N) is 2. The number of Topliss-reactive ketones (excluding diaryl/α,β-unsaturated/α-hetero) is 1. The van der Waals surface area contributed by atoms with Gasteiger partial charge in [-0.3, -0.25) is 14.5 Å². The number of thiazole rings is 1. The Kier molecular flexibility index (Phi) is 6.89. The number of halogens is 1. The Balaban J connectivity index is 1.93.